The number of hydrogen-bond donors (Lipinski definition) is 1. The molecule has 0 saturated carbocycles. The Morgan fingerprint density at radius 2 is 1.77 bits per heavy atom. The number of hydrogen-bond acceptors (Lipinski definition) is 8. The van der Waals surface area contributed by atoms with Crippen LogP contribution < -0.4 is 25.1 Å². The number of nitrogens with zero attached hydrogens (tertiary/aromatic N) is 3. The zero-order valence-electron chi connectivity index (χ0n) is 25.6. The van der Waals surface area contributed by atoms with Crippen LogP contribution in [0.5, 0.6) is 23.0 Å². The molecular formula is C35H32F2N4O6. The molecule has 242 valence electrons. The van der Waals surface area contributed by atoms with E-state index in [1.807, 2.05) is 0 Å². The molecule has 0 aliphatic carbocycles. The van der Waals surface area contributed by atoms with Crippen LogP contribution in [0, 0.1) is 11.6 Å². The van der Waals surface area contributed by atoms with E-state index in [0.29, 0.717) is 40.4 Å². The molecule has 1 amide bonds. The molecule has 3 aromatic carbocycles. The van der Waals surface area contributed by atoms with Crippen LogP contribution in [0.1, 0.15) is 16.8 Å². The largest absolute Gasteiger partial charge is 0.493 e. The van der Waals surface area contributed by atoms with Crippen molar-refractivity contribution < 1.29 is 32.5 Å². The number of morpholine rings is 1. The summed E-state index contributed by atoms with van der Waals surface area (Å²) in [5.74, 6) is -0.639. The van der Waals surface area contributed by atoms with Crippen LogP contribution in [0.3, 0.4) is 0 Å². The molecule has 12 heteroatoms. The maximum Gasteiger partial charge on any atom is 0.267 e. The molecule has 1 aliphatic heterocycles. The van der Waals surface area contributed by atoms with Crippen molar-refractivity contribution >= 4 is 22.5 Å². The van der Waals surface area contributed by atoms with Crippen LogP contribution in [0.2, 0.25) is 0 Å². The fourth-order valence-corrected chi connectivity index (χ4v) is 5.23. The minimum Gasteiger partial charge on any atom is -0.493 e. The Hall–Kier alpha value is -5.33. The Morgan fingerprint density at radius 3 is 2.53 bits per heavy atom. The zero-order chi connectivity index (χ0) is 32.8. The number of halogens is 2. The Bertz CT molecular complexity index is 1940. The van der Waals surface area contributed by atoms with Crippen molar-refractivity contribution in [2.45, 2.75) is 6.42 Å². The molecule has 0 unspecified atom stereocenters. The lowest BCUT2D eigenvalue weighted by Gasteiger charge is -2.26. The second kappa shape index (κ2) is 14.4. The number of aromatic nitrogens is 2. The number of fused-ring (bicyclic) bond motifs is 1. The second-order valence-electron chi connectivity index (χ2n) is 10.8. The molecule has 2 aromatic heterocycles. The van der Waals surface area contributed by atoms with Gasteiger partial charge in [-0.25, -0.2) is 8.78 Å². The lowest BCUT2D eigenvalue weighted by molar-refractivity contribution is 0.0357. The molecule has 47 heavy (non-hydrogen) atoms. The molecule has 6 rings (SSSR count). The average Bonchev–Trinajstić information content (AvgIpc) is 3.08. The zero-order valence-corrected chi connectivity index (χ0v) is 25.6. The molecule has 1 saturated heterocycles. The van der Waals surface area contributed by atoms with E-state index in [0.717, 1.165) is 45.3 Å². The molecular weight excluding hydrogens is 610 g/mol. The highest BCUT2D eigenvalue weighted by Crippen LogP contribution is 2.38. The van der Waals surface area contributed by atoms with Gasteiger partial charge < -0.3 is 24.3 Å². The minimum absolute atomic E-state index is 0.0868. The van der Waals surface area contributed by atoms with Gasteiger partial charge in [0.1, 0.15) is 17.1 Å². The first-order valence-corrected chi connectivity index (χ1v) is 15.1. The first kappa shape index (κ1) is 31.6. The molecule has 3 heterocycles. The van der Waals surface area contributed by atoms with Crippen molar-refractivity contribution in [2.24, 2.45) is 0 Å². The van der Waals surface area contributed by atoms with Gasteiger partial charge in [-0.1, -0.05) is 0 Å². The summed E-state index contributed by atoms with van der Waals surface area (Å²) in [6.07, 6.45) is 3.86. The van der Waals surface area contributed by atoms with Gasteiger partial charge in [0.2, 0.25) is 0 Å². The third kappa shape index (κ3) is 7.40. The molecule has 0 atom stereocenters. The lowest BCUT2D eigenvalue weighted by atomic mass is 10.1. The van der Waals surface area contributed by atoms with Gasteiger partial charge in [0, 0.05) is 60.9 Å². The predicted molar refractivity (Wildman–Crippen MR) is 172 cm³/mol. The average molecular weight is 643 g/mol. The quantitative estimate of drug-likeness (QED) is 0.180. The number of carbonyl (C=O) groups is 1. The highest BCUT2D eigenvalue weighted by molar-refractivity contribution is 6.04. The Labute approximate surface area is 269 Å². The molecule has 0 spiro atoms. The van der Waals surface area contributed by atoms with Crippen molar-refractivity contribution in [2.75, 3.05) is 51.9 Å². The summed E-state index contributed by atoms with van der Waals surface area (Å²) in [6.45, 7) is 4.74. The second-order valence-corrected chi connectivity index (χ2v) is 10.8. The summed E-state index contributed by atoms with van der Waals surface area (Å²) in [5, 5.41) is 3.14. The third-order valence-electron chi connectivity index (χ3n) is 7.67. The molecule has 1 N–H and O–H groups in total. The summed E-state index contributed by atoms with van der Waals surface area (Å²) < 4.78 is 52.8. The van der Waals surface area contributed by atoms with E-state index < -0.39 is 23.1 Å². The van der Waals surface area contributed by atoms with E-state index in [2.05, 4.69) is 15.2 Å². The molecule has 5 aromatic rings. The fourth-order valence-electron chi connectivity index (χ4n) is 5.23. The summed E-state index contributed by atoms with van der Waals surface area (Å²) in [6, 6.07) is 17.2. The van der Waals surface area contributed by atoms with E-state index in [4.69, 9.17) is 18.9 Å². The number of nitrogens with one attached hydrogen (secondary N) is 1. The van der Waals surface area contributed by atoms with Crippen LogP contribution in [0.15, 0.2) is 90.0 Å². The number of methoxy groups -OCH3 is 1. The Balaban J connectivity index is 1.14. The number of anilines is 1. The smallest absolute Gasteiger partial charge is 0.267 e. The van der Waals surface area contributed by atoms with Gasteiger partial charge in [0.15, 0.2) is 23.1 Å². The van der Waals surface area contributed by atoms with Gasteiger partial charge in [0.05, 0.1) is 32.4 Å². The normalized spacial score (nSPS) is 13.3. The summed E-state index contributed by atoms with van der Waals surface area (Å²) in [4.78, 5) is 32.7. The van der Waals surface area contributed by atoms with Gasteiger partial charge in [-0.3, -0.25) is 24.0 Å². The number of pyridine rings is 2. The maximum absolute atomic E-state index is 15.3. The van der Waals surface area contributed by atoms with Crippen molar-refractivity contribution in [1.82, 2.24) is 14.5 Å². The van der Waals surface area contributed by atoms with Crippen molar-refractivity contribution in [3.05, 3.63) is 113 Å². The fraction of sp³-hybridized carbons (Fsp3) is 0.229. The number of ether oxygens (including phenoxy) is 4. The van der Waals surface area contributed by atoms with Gasteiger partial charge in [-0.2, -0.15) is 0 Å². The summed E-state index contributed by atoms with van der Waals surface area (Å²) in [7, 11) is 1.54. The first-order chi connectivity index (χ1) is 22.9. The van der Waals surface area contributed by atoms with Crippen LogP contribution >= 0.6 is 0 Å². The lowest BCUT2D eigenvalue weighted by Crippen LogP contribution is -2.37. The van der Waals surface area contributed by atoms with Crippen LogP contribution in [-0.4, -0.2) is 66.9 Å². The minimum atomic E-state index is -0.739. The molecule has 0 bridgehead atoms. The number of benzene rings is 3. The maximum atomic E-state index is 15.3. The van der Waals surface area contributed by atoms with Crippen LogP contribution in [0.4, 0.5) is 14.5 Å². The van der Waals surface area contributed by atoms with Crippen molar-refractivity contribution in [3.8, 4) is 28.7 Å². The van der Waals surface area contributed by atoms with Crippen molar-refractivity contribution in [1.29, 1.82) is 0 Å². The van der Waals surface area contributed by atoms with E-state index >= 15 is 4.39 Å². The topological polar surface area (TPSA) is 104 Å². The Kier molecular flexibility index (Phi) is 9.69. The molecule has 0 radical (unpaired) electrons. The SMILES string of the molecule is COc1cc2c(Oc3ccc(NC(=O)c4cccn(-c5ccc(F)cc5)c4=O)cc3F)ccnc2cc1OCCCN1CCOCC1. The predicted octanol–water partition coefficient (Wildman–Crippen LogP) is 5.82. The molecule has 1 fully saturated rings. The standard InChI is InChI=1S/C35H32F2N4O6/c1-44-32-21-27-29(22-33(32)46-17-3-13-40-15-18-45-19-16-40)38-12-11-30(27)47-31-10-7-24(20-28(31)37)39-34(42)26-4-2-14-41(35(26)43)25-8-5-23(36)6-9-25/h2,4-12,14,20-22H,3,13,15-19H2,1H3,(H,39,42). The molecule has 1 aliphatic rings. The number of rotatable bonds is 11. The van der Waals surface area contributed by atoms with Crippen LogP contribution in [0.25, 0.3) is 16.6 Å². The van der Waals surface area contributed by atoms with Gasteiger partial charge in [-0.05, 0) is 67.1 Å². The first-order valence-electron chi connectivity index (χ1n) is 15.1. The summed E-state index contributed by atoms with van der Waals surface area (Å²) >= 11 is 0. The van der Waals surface area contributed by atoms with E-state index in [9.17, 15) is 14.0 Å². The monoisotopic (exact) mass is 642 g/mol. The van der Waals surface area contributed by atoms with Crippen LogP contribution in [-0.2, 0) is 4.74 Å². The van der Waals surface area contributed by atoms with Gasteiger partial charge >= 0.3 is 0 Å². The van der Waals surface area contributed by atoms with E-state index in [1.165, 1.54) is 59.3 Å². The highest BCUT2D eigenvalue weighted by Gasteiger charge is 2.17. The third-order valence-corrected chi connectivity index (χ3v) is 7.67. The van der Waals surface area contributed by atoms with E-state index in [1.54, 1.807) is 31.5 Å². The summed E-state index contributed by atoms with van der Waals surface area (Å²) in [5.41, 5.74) is 0.301. The number of amides is 1. The van der Waals surface area contributed by atoms with Gasteiger partial charge in [0.25, 0.3) is 11.5 Å². The van der Waals surface area contributed by atoms with Crippen molar-refractivity contribution in [3.63, 3.8) is 0 Å². The Morgan fingerprint density at radius 1 is 0.957 bits per heavy atom. The number of carbonyl (C=O) groups excluding carboxylic acids is 1. The van der Waals surface area contributed by atoms with E-state index in [-0.39, 0.29) is 17.0 Å². The van der Waals surface area contributed by atoms with Gasteiger partial charge in [-0.15, -0.1) is 0 Å². The molecule has 10 nitrogen and oxygen atoms in total. The highest BCUT2D eigenvalue weighted by atomic mass is 19.1.